The van der Waals surface area contributed by atoms with Crippen LogP contribution in [0.3, 0.4) is 0 Å². The first kappa shape index (κ1) is 16.8. The number of ether oxygens (including phenoxy) is 4. The van der Waals surface area contributed by atoms with Gasteiger partial charge in [0.05, 0.1) is 20.3 Å². The zero-order valence-corrected chi connectivity index (χ0v) is 13.7. The Hall–Kier alpha value is -1.54. The molecule has 0 amide bonds. The summed E-state index contributed by atoms with van der Waals surface area (Å²) in [5.74, 6) is 6.39. The van der Waals surface area contributed by atoms with Crippen LogP contribution in [0.1, 0.15) is 32.8 Å². The zero-order chi connectivity index (χ0) is 16.0. The van der Waals surface area contributed by atoms with Crippen molar-refractivity contribution in [2.75, 3.05) is 13.7 Å². The molecule has 0 spiro atoms. The molecule has 1 heterocycles. The van der Waals surface area contributed by atoms with Crippen molar-refractivity contribution in [3.05, 3.63) is 29.8 Å². The number of benzene rings is 1. The SMILES string of the molecule is CCC#C[C@@H]1OC(C)(C)O[C@H]1COCc1ccc(OC)cc1. The summed E-state index contributed by atoms with van der Waals surface area (Å²) in [7, 11) is 1.65. The first-order chi connectivity index (χ1) is 10.5. The lowest BCUT2D eigenvalue weighted by molar-refractivity contribution is -0.148. The minimum absolute atomic E-state index is 0.160. The van der Waals surface area contributed by atoms with Crippen molar-refractivity contribution in [2.24, 2.45) is 0 Å². The third-order valence-electron chi connectivity index (χ3n) is 3.31. The van der Waals surface area contributed by atoms with Gasteiger partial charge >= 0.3 is 0 Å². The molecule has 1 fully saturated rings. The van der Waals surface area contributed by atoms with Gasteiger partial charge in [0, 0.05) is 6.42 Å². The molecule has 4 nitrogen and oxygen atoms in total. The highest BCUT2D eigenvalue weighted by atomic mass is 16.8. The van der Waals surface area contributed by atoms with E-state index < -0.39 is 5.79 Å². The summed E-state index contributed by atoms with van der Waals surface area (Å²) in [4.78, 5) is 0. The molecular formula is C18H24O4. The van der Waals surface area contributed by atoms with Gasteiger partial charge in [0.15, 0.2) is 5.79 Å². The minimum atomic E-state index is -0.610. The molecular weight excluding hydrogens is 280 g/mol. The average Bonchev–Trinajstić information content (AvgIpc) is 2.80. The summed E-state index contributed by atoms with van der Waals surface area (Å²) in [5.41, 5.74) is 1.09. The van der Waals surface area contributed by atoms with E-state index in [2.05, 4.69) is 11.8 Å². The van der Waals surface area contributed by atoms with Crippen LogP contribution >= 0.6 is 0 Å². The van der Waals surface area contributed by atoms with Crippen LogP contribution in [0.4, 0.5) is 0 Å². The van der Waals surface area contributed by atoms with Crippen molar-refractivity contribution in [3.8, 4) is 17.6 Å². The lowest BCUT2D eigenvalue weighted by Crippen LogP contribution is -2.26. The molecule has 1 aromatic rings. The number of hydrogen-bond donors (Lipinski definition) is 0. The second-order valence-corrected chi connectivity index (χ2v) is 5.63. The average molecular weight is 304 g/mol. The Labute approximate surface area is 132 Å². The molecule has 1 aliphatic rings. The van der Waals surface area contributed by atoms with Gasteiger partial charge < -0.3 is 18.9 Å². The Morgan fingerprint density at radius 2 is 1.91 bits per heavy atom. The second kappa shape index (κ2) is 7.64. The van der Waals surface area contributed by atoms with Crippen LogP contribution in [0, 0.1) is 11.8 Å². The fourth-order valence-corrected chi connectivity index (χ4v) is 2.30. The normalized spacial score (nSPS) is 22.9. The molecule has 1 aromatic carbocycles. The van der Waals surface area contributed by atoms with Crippen molar-refractivity contribution >= 4 is 0 Å². The maximum absolute atomic E-state index is 5.86. The summed E-state index contributed by atoms with van der Waals surface area (Å²) in [6.07, 6.45) is 0.415. The highest BCUT2D eigenvalue weighted by Gasteiger charge is 2.40. The Morgan fingerprint density at radius 3 is 2.55 bits per heavy atom. The lowest BCUT2D eigenvalue weighted by atomic mass is 10.2. The highest BCUT2D eigenvalue weighted by Crippen LogP contribution is 2.28. The van der Waals surface area contributed by atoms with Gasteiger partial charge in [-0.25, -0.2) is 0 Å². The van der Waals surface area contributed by atoms with Gasteiger partial charge in [0.2, 0.25) is 0 Å². The van der Waals surface area contributed by atoms with E-state index in [1.54, 1.807) is 7.11 Å². The molecule has 2 atom stereocenters. The van der Waals surface area contributed by atoms with Crippen LogP contribution in [0.15, 0.2) is 24.3 Å². The summed E-state index contributed by atoms with van der Waals surface area (Å²) in [5, 5.41) is 0. The molecule has 0 aromatic heterocycles. The third kappa shape index (κ3) is 4.74. The third-order valence-corrected chi connectivity index (χ3v) is 3.31. The van der Waals surface area contributed by atoms with E-state index in [-0.39, 0.29) is 12.2 Å². The fourth-order valence-electron chi connectivity index (χ4n) is 2.30. The Morgan fingerprint density at radius 1 is 1.18 bits per heavy atom. The standard InChI is InChI=1S/C18H24O4/c1-5-6-7-16-17(22-18(2,3)21-16)13-20-12-14-8-10-15(19-4)11-9-14/h8-11,16-17H,5,12-13H2,1-4H3/t16-,17-/m0/s1. The number of rotatable bonds is 5. The zero-order valence-electron chi connectivity index (χ0n) is 13.7. The van der Waals surface area contributed by atoms with Crippen LogP contribution in [-0.4, -0.2) is 31.7 Å². The summed E-state index contributed by atoms with van der Waals surface area (Å²) < 4.78 is 22.6. The molecule has 120 valence electrons. The highest BCUT2D eigenvalue weighted by molar-refractivity contribution is 5.26. The molecule has 0 saturated carbocycles. The monoisotopic (exact) mass is 304 g/mol. The molecule has 4 heteroatoms. The summed E-state index contributed by atoms with van der Waals surface area (Å²) in [6, 6.07) is 7.82. The molecule has 0 bridgehead atoms. The van der Waals surface area contributed by atoms with E-state index in [0.29, 0.717) is 13.2 Å². The van der Waals surface area contributed by atoms with E-state index in [0.717, 1.165) is 17.7 Å². The quantitative estimate of drug-likeness (QED) is 0.783. The summed E-state index contributed by atoms with van der Waals surface area (Å²) in [6.45, 7) is 6.80. The van der Waals surface area contributed by atoms with Crippen LogP contribution in [0.25, 0.3) is 0 Å². The molecule has 2 rings (SSSR count). The number of hydrogen-bond acceptors (Lipinski definition) is 4. The van der Waals surface area contributed by atoms with Gasteiger partial charge in [-0.3, -0.25) is 0 Å². The second-order valence-electron chi connectivity index (χ2n) is 5.63. The van der Waals surface area contributed by atoms with Gasteiger partial charge in [0.25, 0.3) is 0 Å². The molecule has 1 saturated heterocycles. The maximum Gasteiger partial charge on any atom is 0.165 e. The molecule has 1 aliphatic heterocycles. The van der Waals surface area contributed by atoms with E-state index in [1.165, 1.54) is 0 Å². The van der Waals surface area contributed by atoms with Gasteiger partial charge in [0.1, 0.15) is 18.0 Å². The van der Waals surface area contributed by atoms with Crippen molar-refractivity contribution in [1.82, 2.24) is 0 Å². The molecule has 0 radical (unpaired) electrons. The first-order valence-electron chi connectivity index (χ1n) is 7.59. The van der Waals surface area contributed by atoms with Gasteiger partial charge in [-0.05, 0) is 31.5 Å². The van der Waals surface area contributed by atoms with E-state index in [1.807, 2.05) is 45.0 Å². The van der Waals surface area contributed by atoms with E-state index in [9.17, 15) is 0 Å². The summed E-state index contributed by atoms with van der Waals surface area (Å²) >= 11 is 0. The van der Waals surface area contributed by atoms with E-state index >= 15 is 0 Å². The predicted molar refractivity (Wildman–Crippen MR) is 84.5 cm³/mol. The fraction of sp³-hybridized carbons (Fsp3) is 0.556. The predicted octanol–water partition coefficient (Wildman–Crippen LogP) is 3.15. The Kier molecular flexibility index (Phi) is 5.84. The minimum Gasteiger partial charge on any atom is -0.497 e. The van der Waals surface area contributed by atoms with Crippen molar-refractivity contribution in [1.29, 1.82) is 0 Å². The Bertz CT molecular complexity index is 524. The largest absolute Gasteiger partial charge is 0.497 e. The van der Waals surface area contributed by atoms with Gasteiger partial charge in [-0.1, -0.05) is 25.0 Å². The first-order valence-corrected chi connectivity index (χ1v) is 7.59. The van der Waals surface area contributed by atoms with Crippen LogP contribution in [-0.2, 0) is 20.8 Å². The maximum atomic E-state index is 5.86. The van der Waals surface area contributed by atoms with Crippen LogP contribution in [0.5, 0.6) is 5.75 Å². The molecule has 0 unspecified atom stereocenters. The molecule has 0 aliphatic carbocycles. The Balaban J connectivity index is 1.86. The molecule has 22 heavy (non-hydrogen) atoms. The van der Waals surface area contributed by atoms with Crippen LogP contribution in [0.2, 0.25) is 0 Å². The van der Waals surface area contributed by atoms with E-state index in [4.69, 9.17) is 18.9 Å². The van der Waals surface area contributed by atoms with Crippen molar-refractivity contribution in [2.45, 2.75) is 51.8 Å². The lowest BCUT2D eigenvalue weighted by Gasteiger charge is -2.16. The van der Waals surface area contributed by atoms with Crippen molar-refractivity contribution < 1.29 is 18.9 Å². The number of methoxy groups -OCH3 is 1. The smallest absolute Gasteiger partial charge is 0.165 e. The van der Waals surface area contributed by atoms with Gasteiger partial charge in [-0.15, -0.1) is 5.92 Å². The molecule has 0 N–H and O–H groups in total. The topological polar surface area (TPSA) is 36.9 Å². The van der Waals surface area contributed by atoms with Gasteiger partial charge in [-0.2, -0.15) is 0 Å². The van der Waals surface area contributed by atoms with Crippen molar-refractivity contribution in [3.63, 3.8) is 0 Å². The van der Waals surface area contributed by atoms with Crippen LogP contribution < -0.4 is 4.74 Å².